The van der Waals surface area contributed by atoms with Gasteiger partial charge in [0.2, 0.25) is 10.0 Å². The Morgan fingerprint density at radius 3 is 2.37 bits per heavy atom. The van der Waals surface area contributed by atoms with E-state index in [4.69, 9.17) is 29.6 Å². The van der Waals surface area contributed by atoms with Crippen LogP contribution in [-0.4, -0.2) is 30.0 Å². The summed E-state index contributed by atoms with van der Waals surface area (Å²) in [6, 6.07) is 6.74. The SMILES string of the molecule is CC(c1ccccc1Cl)N(C)S(=O)(=O)C(C)C(N)=S. The van der Waals surface area contributed by atoms with E-state index < -0.39 is 21.3 Å². The van der Waals surface area contributed by atoms with Crippen LogP contribution < -0.4 is 5.73 Å². The molecule has 0 aliphatic carbocycles. The van der Waals surface area contributed by atoms with Crippen molar-refractivity contribution in [3.63, 3.8) is 0 Å². The normalized spacial score (nSPS) is 15.2. The molecule has 1 rings (SSSR count). The first-order valence-electron chi connectivity index (χ1n) is 5.70. The molecule has 1 aromatic rings. The largest absolute Gasteiger partial charge is 0.392 e. The molecule has 0 spiro atoms. The molecule has 0 bridgehead atoms. The fourth-order valence-electron chi connectivity index (χ4n) is 1.63. The number of halogens is 1. The summed E-state index contributed by atoms with van der Waals surface area (Å²) in [7, 11) is -2.10. The molecule has 0 fully saturated rings. The van der Waals surface area contributed by atoms with Crippen molar-refractivity contribution in [2.24, 2.45) is 5.73 Å². The molecule has 0 saturated heterocycles. The first-order chi connectivity index (χ1) is 8.69. The third-order valence-electron chi connectivity index (χ3n) is 3.15. The summed E-state index contributed by atoms with van der Waals surface area (Å²) >= 11 is 10.8. The molecule has 2 atom stereocenters. The summed E-state index contributed by atoms with van der Waals surface area (Å²) in [6.07, 6.45) is 0. The van der Waals surface area contributed by atoms with Crippen LogP contribution >= 0.6 is 23.8 Å². The van der Waals surface area contributed by atoms with Crippen molar-refractivity contribution in [2.75, 3.05) is 7.05 Å². The zero-order valence-electron chi connectivity index (χ0n) is 11.0. The van der Waals surface area contributed by atoms with E-state index in [1.54, 1.807) is 25.1 Å². The predicted octanol–water partition coefficient (Wildman–Crippen LogP) is 2.34. The number of nitrogens with two attached hydrogens (primary N) is 1. The molecular weight excluding hydrogens is 304 g/mol. The highest BCUT2D eigenvalue weighted by atomic mass is 35.5. The summed E-state index contributed by atoms with van der Waals surface area (Å²) < 4.78 is 25.9. The van der Waals surface area contributed by atoms with Crippen LogP contribution in [0.15, 0.2) is 24.3 Å². The van der Waals surface area contributed by atoms with Gasteiger partial charge in [0.25, 0.3) is 0 Å². The number of hydrogen-bond donors (Lipinski definition) is 1. The molecule has 0 aliphatic heterocycles. The molecule has 2 unspecified atom stereocenters. The minimum absolute atomic E-state index is 0.0433. The smallest absolute Gasteiger partial charge is 0.223 e. The van der Waals surface area contributed by atoms with Gasteiger partial charge in [0.15, 0.2) is 0 Å². The van der Waals surface area contributed by atoms with Crippen LogP contribution in [-0.2, 0) is 10.0 Å². The van der Waals surface area contributed by atoms with Crippen LogP contribution in [0.3, 0.4) is 0 Å². The number of nitrogens with zero attached hydrogens (tertiary/aromatic N) is 1. The van der Waals surface area contributed by atoms with Crippen molar-refractivity contribution in [3.05, 3.63) is 34.9 Å². The highest BCUT2D eigenvalue weighted by Gasteiger charge is 2.32. The molecule has 0 heterocycles. The maximum atomic E-state index is 12.3. The summed E-state index contributed by atoms with van der Waals surface area (Å²) in [6.45, 7) is 3.25. The van der Waals surface area contributed by atoms with Gasteiger partial charge in [-0.25, -0.2) is 8.42 Å². The molecule has 2 N–H and O–H groups in total. The topological polar surface area (TPSA) is 63.4 Å². The van der Waals surface area contributed by atoms with Gasteiger partial charge in [-0.2, -0.15) is 4.31 Å². The molecule has 1 aromatic carbocycles. The van der Waals surface area contributed by atoms with Crippen molar-refractivity contribution >= 4 is 38.8 Å². The van der Waals surface area contributed by atoms with Crippen LogP contribution in [0.2, 0.25) is 5.02 Å². The number of sulfonamides is 1. The second-order valence-corrected chi connectivity index (χ2v) is 7.49. The van der Waals surface area contributed by atoms with Gasteiger partial charge in [0, 0.05) is 18.1 Å². The molecular formula is C12H17ClN2O2S2. The predicted molar refractivity (Wildman–Crippen MR) is 82.8 cm³/mol. The number of benzene rings is 1. The first kappa shape index (κ1) is 16.4. The van der Waals surface area contributed by atoms with E-state index in [2.05, 4.69) is 0 Å². The standard InChI is InChI=1S/C12H17ClN2O2S2/c1-8(10-6-4-5-7-11(10)13)15(3)19(16,17)9(2)12(14)18/h4-9H,1-3H3,(H2,14,18). The average molecular weight is 321 g/mol. The van der Waals surface area contributed by atoms with Gasteiger partial charge in [0.1, 0.15) is 5.25 Å². The van der Waals surface area contributed by atoms with Gasteiger partial charge < -0.3 is 5.73 Å². The molecule has 0 aliphatic rings. The molecule has 0 amide bonds. The number of thiocarbonyl (C=S) groups is 1. The van der Waals surface area contributed by atoms with E-state index in [0.717, 1.165) is 5.56 Å². The Balaban J connectivity index is 3.11. The van der Waals surface area contributed by atoms with E-state index in [9.17, 15) is 8.42 Å². The van der Waals surface area contributed by atoms with Crippen LogP contribution in [0.5, 0.6) is 0 Å². The van der Waals surface area contributed by atoms with Crippen molar-refractivity contribution < 1.29 is 8.42 Å². The Kier molecular flexibility index (Phi) is 5.32. The van der Waals surface area contributed by atoms with Gasteiger partial charge in [-0.1, -0.05) is 42.0 Å². The lowest BCUT2D eigenvalue weighted by Gasteiger charge is -2.27. The zero-order chi connectivity index (χ0) is 14.8. The van der Waals surface area contributed by atoms with Crippen LogP contribution in [0.4, 0.5) is 0 Å². The monoisotopic (exact) mass is 320 g/mol. The van der Waals surface area contributed by atoms with Gasteiger partial charge in [-0.3, -0.25) is 0 Å². The van der Waals surface area contributed by atoms with Gasteiger partial charge >= 0.3 is 0 Å². The van der Waals surface area contributed by atoms with Crippen LogP contribution in [0.25, 0.3) is 0 Å². The minimum atomic E-state index is -3.59. The van der Waals surface area contributed by atoms with E-state index in [0.29, 0.717) is 5.02 Å². The molecule has 7 heteroatoms. The van der Waals surface area contributed by atoms with Crippen molar-refractivity contribution in [2.45, 2.75) is 25.1 Å². The first-order valence-corrected chi connectivity index (χ1v) is 7.99. The zero-order valence-corrected chi connectivity index (χ0v) is 13.4. The highest BCUT2D eigenvalue weighted by molar-refractivity contribution is 7.92. The van der Waals surface area contributed by atoms with E-state index in [-0.39, 0.29) is 4.99 Å². The lowest BCUT2D eigenvalue weighted by molar-refractivity contribution is 0.397. The number of rotatable bonds is 5. The number of hydrogen-bond acceptors (Lipinski definition) is 3. The Hall–Kier alpha value is -0.690. The van der Waals surface area contributed by atoms with Crippen LogP contribution in [0.1, 0.15) is 25.5 Å². The van der Waals surface area contributed by atoms with Gasteiger partial charge in [-0.05, 0) is 25.5 Å². The van der Waals surface area contributed by atoms with E-state index in [1.807, 2.05) is 6.07 Å². The fourth-order valence-corrected chi connectivity index (χ4v) is 3.63. The second kappa shape index (κ2) is 6.17. The summed E-state index contributed by atoms with van der Waals surface area (Å²) in [5.74, 6) is 0. The van der Waals surface area contributed by atoms with Gasteiger partial charge in [-0.15, -0.1) is 0 Å². The van der Waals surface area contributed by atoms with E-state index in [1.165, 1.54) is 18.3 Å². The lowest BCUT2D eigenvalue weighted by Crippen LogP contribution is -2.42. The van der Waals surface area contributed by atoms with Crippen LogP contribution in [0, 0.1) is 0 Å². The Morgan fingerprint density at radius 1 is 1.37 bits per heavy atom. The van der Waals surface area contributed by atoms with Crippen molar-refractivity contribution in [1.82, 2.24) is 4.31 Å². The van der Waals surface area contributed by atoms with Gasteiger partial charge in [0.05, 0.1) is 4.99 Å². The average Bonchev–Trinajstić information content (AvgIpc) is 2.36. The minimum Gasteiger partial charge on any atom is -0.392 e. The summed E-state index contributed by atoms with van der Waals surface area (Å²) in [5, 5.41) is -0.377. The molecule has 0 saturated carbocycles. The molecule has 19 heavy (non-hydrogen) atoms. The van der Waals surface area contributed by atoms with Crippen molar-refractivity contribution in [3.8, 4) is 0 Å². The highest BCUT2D eigenvalue weighted by Crippen LogP contribution is 2.28. The molecule has 4 nitrogen and oxygen atoms in total. The lowest BCUT2D eigenvalue weighted by atomic mass is 10.1. The second-order valence-electron chi connectivity index (χ2n) is 4.30. The summed E-state index contributed by atoms with van der Waals surface area (Å²) in [5.41, 5.74) is 6.17. The third-order valence-corrected chi connectivity index (χ3v) is 6.26. The quantitative estimate of drug-likeness (QED) is 0.846. The van der Waals surface area contributed by atoms with Crippen molar-refractivity contribution in [1.29, 1.82) is 0 Å². The fraction of sp³-hybridized carbons (Fsp3) is 0.417. The Morgan fingerprint density at radius 2 is 1.89 bits per heavy atom. The summed E-state index contributed by atoms with van der Waals surface area (Å²) in [4.78, 5) is -0.0433. The molecule has 0 radical (unpaired) electrons. The molecule has 0 aromatic heterocycles. The molecule has 106 valence electrons. The van der Waals surface area contributed by atoms with E-state index >= 15 is 0 Å². The maximum absolute atomic E-state index is 12.3. The Bertz CT molecular complexity index is 575. The Labute approximate surface area is 124 Å². The maximum Gasteiger partial charge on any atom is 0.223 e. The third kappa shape index (κ3) is 3.45.